The predicted molar refractivity (Wildman–Crippen MR) is 73.6 cm³/mol. The molecular weight excluding hydrogens is 290 g/mol. The molecule has 6 nitrogen and oxygen atoms in total. The molecular formula is C11H16ClN3O3S. The molecule has 2 amide bonds. The van der Waals surface area contributed by atoms with Crippen molar-refractivity contribution in [3.05, 3.63) is 29.8 Å². The van der Waals surface area contributed by atoms with Crippen LogP contribution in [0.25, 0.3) is 0 Å². The molecule has 0 bridgehead atoms. The molecule has 0 unspecified atom stereocenters. The van der Waals surface area contributed by atoms with Crippen LogP contribution in [0.1, 0.15) is 5.56 Å². The summed E-state index contributed by atoms with van der Waals surface area (Å²) >= 11 is 5.43. The van der Waals surface area contributed by atoms with Crippen LogP contribution in [0.5, 0.6) is 0 Å². The van der Waals surface area contributed by atoms with Crippen molar-refractivity contribution in [2.45, 2.75) is 11.3 Å². The molecule has 1 rings (SSSR count). The highest BCUT2D eigenvalue weighted by Crippen LogP contribution is 2.08. The molecule has 1 aromatic rings. The van der Waals surface area contributed by atoms with Gasteiger partial charge in [0, 0.05) is 19.0 Å². The summed E-state index contributed by atoms with van der Waals surface area (Å²) in [6, 6.07) is 5.94. The van der Waals surface area contributed by atoms with Gasteiger partial charge in [0.05, 0.1) is 4.90 Å². The SMILES string of the molecule is NS(=O)(=O)c1ccc(CCNC(=O)NCCCl)cc1. The van der Waals surface area contributed by atoms with Gasteiger partial charge >= 0.3 is 6.03 Å². The van der Waals surface area contributed by atoms with E-state index in [1.54, 1.807) is 12.1 Å². The summed E-state index contributed by atoms with van der Waals surface area (Å²) in [4.78, 5) is 11.3. The van der Waals surface area contributed by atoms with Crippen LogP contribution in [0.3, 0.4) is 0 Å². The van der Waals surface area contributed by atoms with E-state index in [0.29, 0.717) is 25.4 Å². The van der Waals surface area contributed by atoms with E-state index in [0.717, 1.165) is 5.56 Å². The van der Waals surface area contributed by atoms with Crippen molar-refractivity contribution >= 4 is 27.7 Å². The van der Waals surface area contributed by atoms with E-state index in [1.807, 2.05) is 0 Å². The number of nitrogens with two attached hydrogens (primary N) is 1. The van der Waals surface area contributed by atoms with Crippen LogP contribution < -0.4 is 15.8 Å². The number of hydrogen-bond acceptors (Lipinski definition) is 3. The number of rotatable bonds is 6. The average Bonchev–Trinajstić information content (AvgIpc) is 2.36. The molecule has 8 heteroatoms. The lowest BCUT2D eigenvalue weighted by atomic mass is 10.1. The Balaban J connectivity index is 2.40. The third kappa shape index (κ3) is 5.91. The normalized spacial score (nSPS) is 11.1. The van der Waals surface area contributed by atoms with Crippen LogP contribution >= 0.6 is 11.6 Å². The van der Waals surface area contributed by atoms with Crippen LogP contribution in [0.4, 0.5) is 4.79 Å². The maximum Gasteiger partial charge on any atom is 0.314 e. The van der Waals surface area contributed by atoms with E-state index in [1.165, 1.54) is 12.1 Å². The zero-order valence-electron chi connectivity index (χ0n) is 10.2. The third-order valence-corrected chi connectivity index (χ3v) is 3.45. The van der Waals surface area contributed by atoms with Crippen LogP contribution in [0, 0.1) is 0 Å². The molecule has 0 aliphatic rings. The summed E-state index contributed by atoms with van der Waals surface area (Å²) in [6.07, 6.45) is 0.596. The molecule has 0 radical (unpaired) electrons. The topological polar surface area (TPSA) is 101 Å². The molecule has 0 atom stereocenters. The molecule has 0 aromatic heterocycles. The van der Waals surface area contributed by atoms with Gasteiger partial charge in [-0.15, -0.1) is 11.6 Å². The number of alkyl halides is 1. The lowest BCUT2D eigenvalue weighted by Crippen LogP contribution is -2.37. The number of benzene rings is 1. The predicted octanol–water partition coefficient (Wildman–Crippen LogP) is 0.414. The molecule has 0 saturated carbocycles. The Bertz CT molecular complexity index is 516. The van der Waals surface area contributed by atoms with Crippen molar-refractivity contribution in [3.63, 3.8) is 0 Å². The van der Waals surface area contributed by atoms with Gasteiger partial charge in [0.2, 0.25) is 10.0 Å². The maximum atomic E-state index is 11.2. The minimum Gasteiger partial charge on any atom is -0.338 e. The number of sulfonamides is 1. The summed E-state index contributed by atoms with van der Waals surface area (Å²) < 4.78 is 22.1. The van der Waals surface area contributed by atoms with Crippen LogP contribution in [0.15, 0.2) is 29.2 Å². The van der Waals surface area contributed by atoms with Gasteiger partial charge in [0.15, 0.2) is 0 Å². The van der Waals surface area contributed by atoms with E-state index in [4.69, 9.17) is 16.7 Å². The van der Waals surface area contributed by atoms with Gasteiger partial charge < -0.3 is 10.6 Å². The second-order valence-electron chi connectivity index (χ2n) is 3.81. The number of hydrogen-bond donors (Lipinski definition) is 3. The minimum atomic E-state index is -3.66. The first-order chi connectivity index (χ1) is 8.93. The smallest absolute Gasteiger partial charge is 0.314 e. The van der Waals surface area contributed by atoms with Gasteiger partial charge in [0.25, 0.3) is 0 Å². The Morgan fingerprint density at radius 1 is 1.16 bits per heavy atom. The quantitative estimate of drug-likeness (QED) is 0.664. The molecule has 0 saturated heterocycles. The van der Waals surface area contributed by atoms with Crippen molar-refractivity contribution in [1.82, 2.24) is 10.6 Å². The average molecular weight is 306 g/mol. The first-order valence-electron chi connectivity index (χ1n) is 5.63. The fourth-order valence-electron chi connectivity index (χ4n) is 1.39. The van der Waals surface area contributed by atoms with Crippen molar-refractivity contribution < 1.29 is 13.2 Å². The molecule has 0 heterocycles. The lowest BCUT2D eigenvalue weighted by molar-refractivity contribution is 0.241. The van der Waals surface area contributed by atoms with Gasteiger partial charge in [-0.05, 0) is 24.1 Å². The maximum absolute atomic E-state index is 11.2. The number of urea groups is 1. The molecule has 0 aliphatic carbocycles. The van der Waals surface area contributed by atoms with Crippen molar-refractivity contribution in [1.29, 1.82) is 0 Å². The van der Waals surface area contributed by atoms with Crippen molar-refractivity contribution in [3.8, 4) is 0 Å². The Kier molecular flexibility index (Phi) is 6.07. The van der Waals surface area contributed by atoms with Gasteiger partial charge in [-0.25, -0.2) is 18.4 Å². The highest BCUT2D eigenvalue weighted by molar-refractivity contribution is 7.89. The van der Waals surface area contributed by atoms with Crippen molar-refractivity contribution in [2.24, 2.45) is 5.14 Å². The van der Waals surface area contributed by atoms with E-state index in [2.05, 4.69) is 10.6 Å². The highest BCUT2D eigenvalue weighted by Gasteiger charge is 2.06. The van der Waals surface area contributed by atoms with Gasteiger partial charge in [-0.3, -0.25) is 0 Å². The zero-order valence-corrected chi connectivity index (χ0v) is 11.8. The first kappa shape index (κ1) is 15.7. The minimum absolute atomic E-state index is 0.0732. The Hall–Kier alpha value is -1.31. The number of primary sulfonamides is 1. The Morgan fingerprint density at radius 2 is 1.74 bits per heavy atom. The number of halogens is 1. The van der Waals surface area contributed by atoms with Crippen LogP contribution in [0.2, 0.25) is 0 Å². The molecule has 4 N–H and O–H groups in total. The Morgan fingerprint density at radius 3 is 2.26 bits per heavy atom. The largest absolute Gasteiger partial charge is 0.338 e. The van der Waals surface area contributed by atoms with E-state index in [9.17, 15) is 13.2 Å². The van der Waals surface area contributed by atoms with E-state index >= 15 is 0 Å². The van der Waals surface area contributed by atoms with E-state index < -0.39 is 10.0 Å². The first-order valence-corrected chi connectivity index (χ1v) is 7.71. The summed E-state index contributed by atoms with van der Waals surface area (Å²) in [5.74, 6) is 0.364. The number of carbonyl (C=O) groups excluding carboxylic acids is 1. The summed E-state index contributed by atoms with van der Waals surface area (Å²) in [7, 11) is -3.66. The molecule has 0 spiro atoms. The van der Waals surface area contributed by atoms with Crippen molar-refractivity contribution in [2.75, 3.05) is 19.0 Å². The number of nitrogens with one attached hydrogen (secondary N) is 2. The third-order valence-electron chi connectivity index (χ3n) is 2.33. The summed E-state index contributed by atoms with van der Waals surface area (Å²) in [5.41, 5.74) is 0.907. The van der Waals surface area contributed by atoms with Gasteiger partial charge in [-0.1, -0.05) is 12.1 Å². The van der Waals surface area contributed by atoms with Gasteiger partial charge in [-0.2, -0.15) is 0 Å². The molecule has 0 aliphatic heterocycles. The van der Waals surface area contributed by atoms with Crippen LogP contribution in [-0.4, -0.2) is 33.4 Å². The lowest BCUT2D eigenvalue weighted by Gasteiger charge is -2.06. The molecule has 106 valence electrons. The second-order valence-corrected chi connectivity index (χ2v) is 5.75. The molecule has 0 fully saturated rings. The molecule has 1 aromatic carbocycles. The monoisotopic (exact) mass is 305 g/mol. The van der Waals surface area contributed by atoms with Crippen LogP contribution in [-0.2, 0) is 16.4 Å². The number of carbonyl (C=O) groups is 1. The molecule has 19 heavy (non-hydrogen) atoms. The van der Waals surface area contributed by atoms with E-state index in [-0.39, 0.29) is 10.9 Å². The summed E-state index contributed by atoms with van der Waals surface area (Å²) in [5, 5.41) is 10.2. The second kappa shape index (κ2) is 7.32. The fraction of sp³-hybridized carbons (Fsp3) is 0.364. The standard InChI is InChI=1S/C11H16ClN3O3S/c12-6-8-15-11(16)14-7-5-9-1-3-10(4-2-9)19(13,17)18/h1-4H,5-8H2,(H2,13,17,18)(H2,14,15,16). The van der Waals surface area contributed by atoms with Gasteiger partial charge in [0.1, 0.15) is 0 Å². The zero-order chi connectivity index (χ0) is 14.3. The fourth-order valence-corrected chi connectivity index (χ4v) is 2.00. The summed E-state index contributed by atoms with van der Waals surface area (Å²) in [6.45, 7) is 0.860. The highest BCUT2D eigenvalue weighted by atomic mass is 35.5. The number of amides is 2. The Labute approximate surface area is 117 Å².